The molecule has 0 unspecified atom stereocenters. The summed E-state index contributed by atoms with van der Waals surface area (Å²) in [4.78, 5) is 2.37. The van der Waals surface area contributed by atoms with E-state index in [0.717, 1.165) is 38.8 Å². The second-order valence-corrected chi connectivity index (χ2v) is 13.8. The molecule has 0 atom stereocenters. The lowest BCUT2D eigenvalue weighted by Crippen LogP contribution is -2.25. The molecule has 206 valence electrons. The molecular weight excluding hydrogens is 622 g/mol. The van der Waals surface area contributed by atoms with E-state index in [1.807, 2.05) is 0 Å². The Morgan fingerprint density at radius 3 is 1.57 bits per heavy atom. The third-order valence-electron chi connectivity index (χ3n) is 8.84. The van der Waals surface area contributed by atoms with E-state index in [-0.39, 0.29) is 11.2 Å². The molecule has 6 rings (SSSR count). The minimum absolute atomic E-state index is 0.0798. The van der Waals surface area contributed by atoms with Crippen LogP contribution in [0.4, 0.5) is 17.1 Å². The van der Waals surface area contributed by atoms with Crippen LogP contribution in [-0.4, -0.2) is 0 Å². The Morgan fingerprint density at radius 1 is 0.600 bits per heavy atom. The maximum Gasteiger partial charge on any atom is 0.0946 e. The molecule has 4 heteroatoms. The highest BCUT2D eigenvalue weighted by Gasteiger charge is 2.50. The summed E-state index contributed by atoms with van der Waals surface area (Å²) in [6.07, 6.45) is 4.78. The molecule has 2 aliphatic rings. The van der Waals surface area contributed by atoms with Gasteiger partial charge in [0.1, 0.15) is 0 Å². The van der Waals surface area contributed by atoms with Crippen LogP contribution >= 0.6 is 31.9 Å². The summed E-state index contributed by atoms with van der Waals surface area (Å²) in [6, 6.07) is 25.1. The zero-order valence-corrected chi connectivity index (χ0v) is 27.5. The van der Waals surface area contributed by atoms with E-state index < -0.39 is 0 Å². The lowest BCUT2D eigenvalue weighted by Gasteiger charge is -2.28. The van der Waals surface area contributed by atoms with Gasteiger partial charge >= 0.3 is 0 Å². The van der Waals surface area contributed by atoms with Crippen LogP contribution in [0.5, 0.6) is 0 Å². The molecule has 1 spiro atoms. The van der Waals surface area contributed by atoms with Gasteiger partial charge in [-0.3, -0.25) is 0 Å². The van der Waals surface area contributed by atoms with E-state index in [4.69, 9.17) is 4.74 Å². The van der Waals surface area contributed by atoms with Crippen molar-refractivity contribution in [2.45, 2.75) is 78.4 Å². The fraction of sp³-hybridized carbons (Fsp3) is 0.333. The van der Waals surface area contributed by atoms with Gasteiger partial charge in [-0.1, -0.05) is 69.0 Å². The number of benzene rings is 4. The monoisotopic (exact) mass is 657 g/mol. The number of hydrogen-bond acceptors (Lipinski definition) is 2. The van der Waals surface area contributed by atoms with Gasteiger partial charge in [0.25, 0.3) is 0 Å². The molecule has 1 aliphatic heterocycles. The molecule has 0 saturated heterocycles. The number of ether oxygens (including phenoxy) is 1. The van der Waals surface area contributed by atoms with Crippen molar-refractivity contribution in [1.82, 2.24) is 0 Å². The first kappa shape index (κ1) is 27.8. The van der Waals surface area contributed by atoms with Crippen molar-refractivity contribution in [2.24, 2.45) is 0 Å². The quantitative estimate of drug-likeness (QED) is 0.216. The second kappa shape index (κ2) is 10.2. The van der Waals surface area contributed by atoms with Crippen LogP contribution in [-0.2, 0) is 15.9 Å². The molecular formula is C36H37Br2NO. The minimum Gasteiger partial charge on any atom is -0.360 e. The highest BCUT2D eigenvalue weighted by atomic mass is 79.9. The van der Waals surface area contributed by atoms with Gasteiger partial charge in [-0.2, -0.15) is 0 Å². The SMILES string of the molecule is Cc1cc(N(c2ccc(-c3ccc4c(c3)C(C)(C)OC43CCCC3)cc2)c2cc(C)c(Br)c(C)c2)cc(C)c1Br. The molecule has 1 aliphatic carbocycles. The predicted molar refractivity (Wildman–Crippen MR) is 175 cm³/mol. The first-order valence-corrected chi connectivity index (χ1v) is 15.9. The van der Waals surface area contributed by atoms with Crippen LogP contribution in [0.15, 0.2) is 75.7 Å². The number of rotatable bonds is 4. The van der Waals surface area contributed by atoms with Crippen molar-refractivity contribution < 1.29 is 4.74 Å². The van der Waals surface area contributed by atoms with E-state index in [9.17, 15) is 0 Å². The number of nitrogens with zero attached hydrogens (tertiary/aromatic N) is 1. The van der Waals surface area contributed by atoms with Crippen molar-refractivity contribution in [2.75, 3.05) is 4.90 Å². The van der Waals surface area contributed by atoms with Crippen LogP contribution in [0.25, 0.3) is 11.1 Å². The smallest absolute Gasteiger partial charge is 0.0946 e. The summed E-state index contributed by atoms with van der Waals surface area (Å²) >= 11 is 7.52. The number of fused-ring (bicyclic) bond motifs is 2. The van der Waals surface area contributed by atoms with E-state index in [1.165, 1.54) is 57.3 Å². The van der Waals surface area contributed by atoms with Crippen LogP contribution in [0.1, 0.15) is 72.9 Å². The summed E-state index contributed by atoms with van der Waals surface area (Å²) in [6.45, 7) is 13.1. The molecule has 40 heavy (non-hydrogen) atoms. The van der Waals surface area contributed by atoms with E-state index in [1.54, 1.807) is 0 Å². The summed E-state index contributed by atoms with van der Waals surface area (Å²) in [7, 11) is 0. The zero-order valence-electron chi connectivity index (χ0n) is 24.3. The maximum absolute atomic E-state index is 6.75. The third kappa shape index (κ3) is 4.66. The molecule has 2 nitrogen and oxygen atoms in total. The standard InChI is InChI=1S/C36H37Br2NO/c1-22-17-29(18-23(2)33(22)37)39(30-19-24(3)34(38)25(4)20-30)28-12-9-26(10-13-28)27-11-14-31-32(21-27)35(5,6)40-36(31)15-7-8-16-36/h9-14,17-21H,7-8,15-16H2,1-6H3. The average molecular weight is 660 g/mol. The average Bonchev–Trinajstić information content (AvgIpc) is 3.47. The molecule has 1 fully saturated rings. The normalized spacial score (nSPS) is 16.9. The molecule has 0 aromatic heterocycles. The maximum atomic E-state index is 6.75. The second-order valence-electron chi connectivity index (χ2n) is 12.2. The molecule has 1 heterocycles. The lowest BCUT2D eigenvalue weighted by atomic mass is 9.85. The van der Waals surface area contributed by atoms with Gasteiger partial charge in [0, 0.05) is 26.0 Å². The van der Waals surface area contributed by atoms with Crippen molar-refractivity contribution in [3.8, 4) is 11.1 Å². The molecule has 4 aromatic carbocycles. The predicted octanol–water partition coefficient (Wildman–Crippen LogP) is 11.6. The number of halogens is 2. The van der Waals surface area contributed by atoms with Crippen LogP contribution < -0.4 is 4.90 Å². The highest BCUT2D eigenvalue weighted by Crippen LogP contribution is 2.55. The molecule has 0 N–H and O–H groups in total. The van der Waals surface area contributed by atoms with Gasteiger partial charge in [0.15, 0.2) is 0 Å². The Labute approximate surface area is 256 Å². The van der Waals surface area contributed by atoms with Gasteiger partial charge in [-0.15, -0.1) is 0 Å². The summed E-state index contributed by atoms with van der Waals surface area (Å²) in [5.41, 5.74) is 13.2. The summed E-state index contributed by atoms with van der Waals surface area (Å²) in [5.74, 6) is 0. The van der Waals surface area contributed by atoms with Crippen molar-refractivity contribution in [1.29, 1.82) is 0 Å². The van der Waals surface area contributed by atoms with Gasteiger partial charge in [0.2, 0.25) is 0 Å². The van der Waals surface area contributed by atoms with E-state index in [2.05, 4.69) is 145 Å². The van der Waals surface area contributed by atoms with Gasteiger partial charge in [0.05, 0.1) is 11.2 Å². The Bertz CT molecular complexity index is 1510. The largest absolute Gasteiger partial charge is 0.360 e. The first-order chi connectivity index (χ1) is 19.0. The van der Waals surface area contributed by atoms with Gasteiger partial charge in [-0.05, 0) is 141 Å². The fourth-order valence-electron chi connectivity index (χ4n) is 6.89. The van der Waals surface area contributed by atoms with Crippen LogP contribution in [0.3, 0.4) is 0 Å². The van der Waals surface area contributed by atoms with Crippen molar-refractivity contribution in [3.63, 3.8) is 0 Å². The van der Waals surface area contributed by atoms with Gasteiger partial charge in [-0.25, -0.2) is 0 Å². The number of hydrogen-bond donors (Lipinski definition) is 0. The summed E-state index contributed by atoms with van der Waals surface area (Å²) < 4.78 is 9.08. The first-order valence-electron chi connectivity index (χ1n) is 14.3. The molecule has 0 bridgehead atoms. The molecule has 0 amide bonds. The van der Waals surface area contributed by atoms with Crippen molar-refractivity contribution in [3.05, 3.63) is 109 Å². The highest BCUT2D eigenvalue weighted by molar-refractivity contribution is 9.10. The minimum atomic E-state index is -0.263. The number of aryl methyl sites for hydroxylation is 4. The van der Waals surface area contributed by atoms with E-state index in [0.29, 0.717) is 0 Å². The Hall–Kier alpha value is -2.40. The summed E-state index contributed by atoms with van der Waals surface area (Å²) in [5, 5.41) is 0. The van der Waals surface area contributed by atoms with Crippen LogP contribution in [0.2, 0.25) is 0 Å². The molecule has 1 saturated carbocycles. The topological polar surface area (TPSA) is 12.5 Å². The lowest BCUT2D eigenvalue weighted by molar-refractivity contribution is -0.122. The Morgan fingerprint density at radius 2 is 1.07 bits per heavy atom. The van der Waals surface area contributed by atoms with Crippen molar-refractivity contribution >= 4 is 48.9 Å². The molecule has 4 aromatic rings. The van der Waals surface area contributed by atoms with E-state index >= 15 is 0 Å². The fourth-order valence-corrected chi connectivity index (χ4v) is 7.35. The molecule has 0 radical (unpaired) electrons. The van der Waals surface area contributed by atoms with Gasteiger partial charge < -0.3 is 9.64 Å². The Balaban J connectivity index is 1.42. The third-order valence-corrected chi connectivity index (χ3v) is 11.3. The van der Waals surface area contributed by atoms with Crippen LogP contribution in [0, 0.1) is 27.7 Å². The number of anilines is 3. The zero-order chi connectivity index (χ0) is 28.4. The Kier molecular flexibility index (Phi) is 7.04.